The summed E-state index contributed by atoms with van der Waals surface area (Å²) in [5, 5.41) is 2.91. The number of rotatable bonds is 6. The molecular formula is C22H28N2O3S. The van der Waals surface area contributed by atoms with Crippen LogP contribution in [0, 0.1) is 6.92 Å². The van der Waals surface area contributed by atoms with Crippen molar-refractivity contribution >= 4 is 15.9 Å². The molecule has 1 atom stereocenters. The number of hydrogen-bond donors (Lipinski definition) is 1. The average Bonchev–Trinajstić information content (AvgIpc) is 2.69. The summed E-state index contributed by atoms with van der Waals surface area (Å²) in [7, 11) is -3.59. The van der Waals surface area contributed by atoms with Crippen molar-refractivity contribution < 1.29 is 13.2 Å². The van der Waals surface area contributed by atoms with Crippen LogP contribution in [0.4, 0.5) is 0 Å². The first-order valence-electron chi connectivity index (χ1n) is 9.84. The van der Waals surface area contributed by atoms with Gasteiger partial charge in [-0.05, 0) is 56.4 Å². The van der Waals surface area contributed by atoms with Crippen molar-refractivity contribution in [2.75, 3.05) is 13.1 Å². The summed E-state index contributed by atoms with van der Waals surface area (Å²) in [4.78, 5) is 12.9. The van der Waals surface area contributed by atoms with Crippen molar-refractivity contribution in [1.29, 1.82) is 0 Å². The molecule has 5 nitrogen and oxygen atoms in total. The molecule has 0 radical (unpaired) electrons. The second kappa shape index (κ2) is 8.88. The van der Waals surface area contributed by atoms with Gasteiger partial charge in [0.15, 0.2) is 0 Å². The van der Waals surface area contributed by atoms with E-state index < -0.39 is 10.0 Å². The number of nitrogens with one attached hydrogen (secondary N) is 1. The smallest absolute Gasteiger partial charge is 0.251 e. The molecule has 1 amide bonds. The first-order chi connectivity index (χ1) is 13.4. The van der Waals surface area contributed by atoms with Crippen molar-refractivity contribution in [1.82, 2.24) is 9.62 Å². The van der Waals surface area contributed by atoms with E-state index in [0.29, 0.717) is 18.7 Å². The number of piperidine rings is 1. The van der Waals surface area contributed by atoms with Crippen LogP contribution < -0.4 is 5.32 Å². The minimum Gasteiger partial charge on any atom is -0.352 e. The molecule has 2 aromatic carbocycles. The molecular weight excluding hydrogens is 372 g/mol. The molecule has 1 heterocycles. The number of aryl methyl sites for hydroxylation is 1. The Morgan fingerprint density at radius 2 is 1.89 bits per heavy atom. The lowest BCUT2D eigenvalue weighted by Gasteiger charge is -2.32. The van der Waals surface area contributed by atoms with Crippen LogP contribution in [0.25, 0.3) is 0 Å². The topological polar surface area (TPSA) is 66.5 Å². The van der Waals surface area contributed by atoms with E-state index in [2.05, 4.69) is 5.32 Å². The van der Waals surface area contributed by atoms with E-state index in [0.717, 1.165) is 36.8 Å². The molecule has 0 spiro atoms. The molecule has 1 fully saturated rings. The van der Waals surface area contributed by atoms with E-state index in [-0.39, 0.29) is 16.8 Å². The quantitative estimate of drug-likeness (QED) is 0.807. The molecule has 2 aromatic rings. The molecule has 0 saturated carbocycles. The summed E-state index contributed by atoms with van der Waals surface area (Å²) in [5.74, 6) is -0.239. The molecule has 3 rings (SSSR count). The SMILES string of the molecule is Cc1ccc(S(=O)(=O)N2CCCCC2C)cc1C(=O)NCCc1ccccc1. The lowest BCUT2D eigenvalue weighted by atomic mass is 10.1. The lowest BCUT2D eigenvalue weighted by Crippen LogP contribution is -2.42. The van der Waals surface area contributed by atoms with Crippen LogP contribution in [0.2, 0.25) is 0 Å². The zero-order valence-electron chi connectivity index (χ0n) is 16.5. The Morgan fingerprint density at radius 3 is 2.61 bits per heavy atom. The fourth-order valence-electron chi connectivity index (χ4n) is 3.63. The highest BCUT2D eigenvalue weighted by Crippen LogP contribution is 2.26. The third kappa shape index (κ3) is 4.62. The summed E-state index contributed by atoms with van der Waals surface area (Å²) >= 11 is 0. The molecule has 28 heavy (non-hydrogen) atoms. The standard InChI is InChI=1S/C22H28N2O3S/c1-17-11-12-20(28(26,27)24-15-7-6-8-18(24)2)16-21(17)22(25)23-14-13-19-9-4-3-5-10-19/h3-5,9-12,16,18H,6-8,13-15H2,1-2H3,(H,23,25). The van der Waals surface area contributed by atoms with Gasteiger partial charge in [0.1, 0.15) is 0 Å². The normalized spacial score (nSPS) is 18.0. The maximum absolute atomic E-state index is 13.1. The summed E-state index contributed by atoms with van der Waals surface area (Å²) in [6.07, 6.45) is 3.53. The third-order valence-electron chi connectivity index (χ3n) is 5.34. The number of benzene rings is 2. The van der Waals surface area contributed by atoms with E-state index in [9.17, 15) is 13.2 Å². The van der Waals surface area contributed by atoms with Gasteiger partial charge in [-0.15, -0.1) is 0 Å². The molecule has 0 aliphatic carbocycles. The Labute approximate surface area is 167 Å². The van der Waals surface area contributed by atoms with E-state index in [1.807, 2.05) is 44.2 Å². The second-order valence-corrected chi connectivity index (χ2v) is 9.32. The molecule has 1 N–H and O–H groups in total. The summed E-state index contributed by atoms with van der Waals surface area (Å²) in [5.41, 5.74) is 2.33. The molecule has 150 valence electrons. The van der Waals surface area contributed by atoms with Crippen LogP contribution in [-0.4, -0.2) is 37.8 Å². The van der Waals surface area contributed by atoms with Crippen LogP contribution in [0.5, 0.6) is 0 Å². The third-order valence-corrected chi connectivity index (χ3v) is 7.35. The predicted octanol–water partition coefficient (Wildman–Crippen LogP) is 3.53. The van der Waals surface area contributed by atoms with E-state index in [1.165, 1.54) is 6.07 Å². The summed E-state index contributed by atoms with van der Waals surface area (Å²) in [6, 6.07) is 14.8. The molecule has 0 bridgehead atoms. The predicted molar refractivity (Wildman–Crippen MR) is 111 cm³/mol. The number of hydrogen-bond acceptors (Lipinski definition) is 3. The maximum atomic E-state index is 13.1. The van der Waals surface area contributed by atoms with Crippen LogP contribution in [0.1, 0.15) is 47.7 Å². The largest absolute Gasteiger partial charge is 0.352 e. The van der Waals surface area contributed by atoms with Gasteiger partial charge in [0.05, 0.1) is 4.90 Å². The van der Waals surface area contributed by atoms with Gasteiger partial charge >= 0.3 is 0 Å². The average molecular weight is 401 g/mol. The van der Waals surface area contributed by atoms with Gasteiger partial charge in [-0.25, -0.2) is 8.42 Å². The highest BCUT2D eigenvalue weighted by molar-refractivity contribution is 7.89. The monoisotopic (exact) mass is 400 g/mol. The lowest BCUT2D eigenvalue weighted by molar-refractivity contribution is 0.0953. The Kier molecular flexibility index (Phi) is 6.52. The van der Waals surface area contributed by atoms with Crippen molar-refractivity contribution in [3.8, 4) is 0 Å². The Bertz CT molecular complexity index is 926. The van der Waals surface area contributed by atoms with Crippen molar-refractivity contribution in [3.05, 3.63) is 65.2 Å². The van der Waals surface area contributed by atoms with Crippen molar-refractivity contribution in [3.63, 3.8) is 0 Å². The first-order valence-corrected chi connectivity index (χ1v) is 11.3. The second-order valence-electron chi connectivity index (χ2n) is 7.43. The molecule has 6 heteroatoms. The summed E-state index contributed by atoms with van der Waals surface area (Å²) in [6.45, 7) is 4.81. The number of carbonyl (C=O) groups excluding carboxylic acids is 1. The molecule has 1 aliphatic rings. The highest BCUT2D eigenvalue weighted by atomic mass is 32.2. The van der Waals surface area contributed by atoms with Crippen LogP contribution in [0.15, 0.2) is 53.4 Å². The summed E-state index contributed by atoms with van der Waals surface area (Å²) < 4.78 is 27.7. The minimum absolute atomic E-state index is 0.0109. The molecule has 1 unspecified atom stereocenters. The number of amides is 1. The number of carbonyl (C=O) groups is 1. The number of nitrogens with zero attached hydrogens (tertiary/aromatic N) is 1. The van der Waals surface area contributed by atoms with E-state index in [1.54, 1.807) is 16.4 Å². The molecule has 0 aromatic heterocycles. The first kappa shape index (κ1) is 20.6. The van der Waals surface area contributed by atoms with Crippen molar-refractivity contribution in [2.45, 2.75) is 50.5 Å². The van der Waals surface area contributed by atoms with Gasteiger partial charge in [0, 0.05) is 24.7 Å². The van der Waals surface area contributed by atoms with Gasteiger partial charge in [-0.3, -0.25) is 4.79 Å². The van der Waals surface area contributed by atoms with Gasteiger partial charge in [-0.2, -0.15) is 4.31 Å². The zero-order chi connectivity index (χ0) is 20.1. The zero-order valence-corrected chi connectivity index (χ0v) is 17.3. The minimum atomic E-state index is -3.59. The Hall–Kier alpha value is -2.18. The van der Waals surface area contributed by atoms with Gasteiger partial charge < -0.3 is 5.32 Å². The fourth-order valence-corrected chi connectivity index (χ4v) is 5.36. The fraction of sp³-hybridized carbons (Fsp3) is 0.409. The van der Waals surface area contributed by atoms with Gasteiger partial charge in [0.25, 0.3) is 5.91 Å². The molecule has 1 saturated heterocycles. The maximum Gasteiger partial charge on any atom is 0.251 e. The van der Waals surface area contributed by atoms with Crippen LogP contribution in [-0.2, 0) is 16.4 Å². The van der Waals surface area contributed by atoms with Gasteiger partial charge in [-0.1, -0.05) is 42.8 Å². The number of sulfonamides is 1. The molecule has 1 aliphatic heterocycles. The Balaban J connectivity index is 1.74. The van der Waals surface area contributed by atoms with E-state index in [4.69, 9.17) is 0 Å². The van der Waals surface area contributed by atoms with Gasteiger partial charge in [0.2, 0.25) is 10.0 Å². The Morgan fingerprint density at radius 1 is 1.14 bits per heavy atom. The van der Waals surface area contributed by atoms with Crippen LogP contribution >= 0.6 is 0 Å². The van der Waals surface area contributed by atoms with Crippen LogP contribution in [0.3, 0.4) is 0 Å². The van der Waals surface area contributed by atoms with Crippen molar-refractivity contribution in [2.24, 2.45) is 0 Å². The van der Waals surface area contributed by atoms with E-state index >= 15 is 0 Å². The highest BCUT2D eigenvalue weighted by Gasteiger charge is 2.31.